The Morgan fingerprint density at radius 2 is 1.89 bits per heavy atom. The largest absolute Gasteiger partial charge is 0.494 e. The van der Waals surface area contributed by atoms with Gasteiger partial charge in [0.1, 0.15) is 28.3 Å². The highest BCUT2D eigenvalue weighted by Gasteiger charge is 2.46. The van der Waals surface area contributed by atoms with Crippen LogP contribution in [0.2, 0.25) is 0 Å². The third kappa shape index (κ3) is 4.59. The molecule has 2 unspecified atom stereocenters. The van der Waals surface area contributed by atoms with Crippen LogP contribution in [-0.4, -0.2) is 67.7 Å². The summed E-state index contributed by atoms with van der Waals surface area (Å²) in [6, 6.07) is 11.9. The monoisotopic (exact) mass is 619 g/mol. The van der Waals surface area contributed by atoms with Crippen LogP contribution in [0.1, 0.15) is 53.3 Å². The normalized spacial score (nSPS) is 20.5. The number of carbonyl (C=O) groups is 2. The van der Waals surface area contributed by atoms with Crippen LogP contribution in [0.5, 0.6) is 5.75 Å². The minimum absolute atomic E-state index is 0.0584. The van der Waals surface area contributed by atoms with E-state index < -0.39 is 5.97 Å². The Morgan fingerprint density at radius 1 is 1.04 bits per heavy atom. The fraction of sp³-hybridized carbons (Fsp3) is 0.400. The molecule has 2 saturated carbocycles. The van der Waals surface area contributed by atoms with Crippen molar-refractivity contribution in [1.29, 1.82) is 0 Å². The second kappa shape index (κ2) is 10.9. The third-order valence-electron chi connectivity index (χ3n) is 10.3. The second-order valence-corrected chi connectivity index (χ2v) is 13.0. The summed E-state index contributed by atoms with van der Waals surface area (Å²) in [7, 11) is 4.99. The molecule has 1 aromatic carbocycles. The molecule has 1 aliphatic heterocycles. The Kier molecular flexibility index (Phi) is 6.73. The molecule has 1 amide bonds. The van der Waals surface area contributed by atoms with Crippen LogP contribution < -0.4 is 10.1 Å². The van der Waals surface area contributed by atoms with Gasteiger partial charge in [0.2, 0.25) is 0 Å². The van der Waals surface area contributed by atoms with Gasteiger partial charge in [0.05, 0.1) is 31.1 Å². The number of fused-ring (bicyclic) bond motifs is 4. The highest BCUT2D eigenvalue weighted by Crippen LogP contribution is 2.44. The van der Waals surface area contributed by atoms with E-state index in [0.717, 1.165) is 53.1 Å². The third-order valence-corrected chi connectivity index (χ3v) is 10.3. The number of aromatic nitrogens is 5. The number of amides is 1. The average molecular weight is 620 g/mol. The topological polar surface area (TPSA) is 116 Å². The van der Waals surface area contributed by atoms with Crippen molar-refractivity contribution in [3.8, 4) is 17.3 Å². The predicted octanol–water partition coefficient (Wildman–Crippen LogP) is 5.80. The van der Waals surface area contributed by atoms with Crippen molar-refractivity contribution in [2.45, 2.75) is 45.2 Å². The highest BCUT2D eigenvalue weighted by molar-refractivity contribution is 6.00. The summed E-state index contributed by atoms with van der Waals surface area (Å²) in [6.07, 6.45) is 7.74. The number of carbonyl (C=O) groups excluding carboxylic acids is 2. The molecule has 1 N–H and O–H groups in total. The maximum absolute atomic E-state index is 13.8. The van der Waals surface area contributed by atoms with Gasteiger partial charge >= 0.3 is 5.97 Å². The van der Waals surface area contributed by atoms with E-state index in [2.05, 4.69) is 37.3 Å². The zero-order chi connectivity index (χ0) is 31.7. The van der Waals surface area contributed by atoms with Gasteiger partial charge in [-0.05, 0) is 79.8 Å². The van der Waals surface area contributed by atoms with Crippen LogP contribution in [0, 0.1) is 17.8 Å². The number of nitrogens with one attached hydrogen (secondary N) is 1. The summed E-state index contributed by atoms with van der Waals surface area (Å²) in [4.78, 5) is 42.4. The van der Waals surface area contributed by atoms with E-state index in [1.165, 1.54) is 32.6 Å². The summed E-state index contributed by atoms with van der Waals surface area (Å²) in [5, 5.41) is 4.27. The summed E-state index contributed by atoms with van der Waals surface area (Å²) in [5.74, 6) is 3.32. The Labute approximate surface area is 266 Å². The van der Waals surface area contributed by atoms with Crippen molar-refractivity contribution in [1.82, 2.24) is 29.0 Å². The molecular formula is C35H37N7O4. The van der Waals surface area contributed by atoms with Crippen LogP contribution in [0.4, 0.5) is 11.5 Å². The SMILES string of the molecule is COC(=O)c1cnccc1Nc1ccc2cc(-c3nc4cc(C(=O)N5CC6CCC5[C@@H]6C)cc(OC)c4n3C)n(CC3CC3)c2n1. The summed E-state index contributed by atoms with van der Waals surface area (Å²) < 4.78 is 15.1. The number of pyridine rings is 2. The average Bonchev–Trinajstić information content (AvgIpc) is 3.48. The molecule has 3 fully saturated rings. The molecule has 4 aromatic heterocycles. The molecular weight excluding hydrogens is 582 g/mol. The van der Waals surface area contributed by atoms with Crippen LogP contribution in [0.15, 0.2) is 48.8 Å². The lowest BCUT2D eigenvalue weighted by atomic mass is 10.0. The van der Waals surface area contributed by atoms with Gasteiger partial charge in [0.15, 0.2) is 5.82 Å². The van der Waals surface area contributed by atoms with Crippen LogP contribution in [-0.2, 0) is 18.3 Å². The first kappa shape index (κ1) is 28.5. The number of ether oxygens (including phenoxy) is 2. The van der Waals surface area contributed by atoms with Gasteiger partial charge in [-0.15, -0.1) is 0 Å². The van der Waals surface area contributed by atoms with E-state index in [1.54, 1.807) is 19.4 Å². The molecule has 2 bridgehead atoms. The number of likely N-dealkylation sites (tertiary alicyclic amines) is 1. The minimum Gasteiger partial charge on any atom is -0.494 e. The van der Waals surface area contributed by atoms with Crippen molar-refractivity contribution < 1.29 is 19.1 Å². The van der Waals surface area contributed by atoms with Crippen molar-refractivity contribution in [2.24, 2.45) is 24.8 Å². The number of aryl methyl sites for hydroxylation is 1. The number of piperidine rings is 1. The predicted molar refractivity (Wildman–Crippen MR) is 174 cm³/mol. The minimum atomic E-state index is -0.472. The number of methoxy groups -OCH3 is 2. The molecule has 8 rings (SSSR count). The molecule has 46 heavy (non-hydrogen) atoms. The first-order chi connectivity index (χ1) is 22.3. The highest BCUT2D eigenvalue weighted by atomic mass is 16.5. The lowest BCUT2D eigenvalue weighted by Crippen LogP contribution is -2.38. The Morgan fingerprint density at radius 3 is 2.61 bits per heavy atom. The number of esters is 1. The van der Waals surface area contributed by atoms with Crippen molar-refractivity contribution in [2.75, 3.05) is 26.1 Å². The lowest BCUT2D eigenvalue weighted by Gasteiger charge is -2.27. The standard InChI is InChI=1S/C35H37N7O4/c1-19-22-7-9-27(19)42(18-22)34(43)23-13-26-31(29(15-23)45-3)40(2)33(38-26)28-14-21-8-10-30(39-32(21)41(28)17-20-5-6-20)37-25-11-12-36-16-24(25)35(44)46-4/h8,10-16,19-20,22,27H,5-7,9,17-18H2,1-4H3,(H,36,37,39)/t19-,22?,27?/m1/s1. The van der Waals surface area contributed by atoms with Gasteiger partial charge in [-0.25, -0.2) is 14.8 Å². The number of imidazole rings is 1. The van der Waals surface area contributed by atoms with E-state index >= 15 is 0 Å². The molecule has 0 radical (unpaired) electrons. The molecule has 11 heteroatoms. The Hall–Kier alpha value is -4.93. The molecule has 2 aliphatic carbocycles. The molecule has 3 aliphatic rings. The van der Waals surface area contributed by atoms with Gasteiger partial charge < -0.3 is 28.8 Å². The van der Waals surface area contributed by atoms with E-state index in [4.69, 9.17) is 19.4 Å². The molecule has 5 heterocycles. The maximum Gasteiger partial charge on any atom is 0.341 e. The van der Waals surface area contributed by atoms with Crippen LogP contribution >= 0.6 is 0 Å². The number of anilines is 2. The fourth-order valence-electron chi connectivity index (χ4n) is 7.57. The van der Waals surface area contributed by atoms with E-state index in [9.17, 15) is 9.59 Å². The molecule has 1 saturated heterocycles. The zero-order valence-corrected chi connectivity index (χ0v) is 26.5. The number of rotatable bonds is 8. The summed E-state index contributed by atoms with van der Waals surface area (Å²) in [6.45, 7) is 3.92. The quantitative estimate of drug-likeness (QED) is 0.217. The molecule has 0 spiro atoms. The van der Waals surface area contributed by atoms with Gasteiger partial charge in [0.25, 0.3) is 5.91 Å². The molecule has 11 nitrogen and oxygen atoms in total. The molecule has 236 valence electrons. The first-order valence-corrected chi connectivity index (χ1v) is 16.0. The zero-order valence-electron chi connectivity index (χ0n) is 26.5. The Bertz CT molecular complexity index is 2030. The number of hydrogen-bond acceptors (Lipinski definition) is 8. The van der Waals surface area contributed by atoms with Crippen LogP contribution in [0.3, 0.4) is 0 Å². The van der Waals surface area contributed by atoms with Crippen molar-refractivity contribution >= 4 is 45.4 Å². The van der Waals surface area contributed by atoms with E-state index in [-0.39, 0.29) is 5.91 Å². The Balaban J connectivity index is 1.20. The van der Waals surface area contributed by atoms with Crippen molar-refractivity contribution in [3.63, 3.8) is 0 Å². The van der Waals surface area contributed by atoms with Gasteiger partial charge in [-0.2, -0.15) is 0 Å². The fourth-order valence-corrected chi connectivity index (χ4v) is 7.57. The van der Waals surface area contributed by atoms with E-state index in [0.29, 0.717) is 52.2 Å². The smallest absolute Gasteiger partial charge is 0.341 e. The second-order valence-electron chi connectivity index (χ2n) is 13.0. The molecule has 3 atom stereocenters. The van der Waals surface area contributed by atoms with Gasteiger partial charge in [-0.3, -0.25) is 9.78 Å². The number of hydrogen-bond donors (Lipinski definition) is 1. The summed E-state index contributed by atoms with van der Waals surface area (Å²) >= 11 is 0. The van der Waals surface area contributed by atoms with E-state index in [1.807, 2.05) is 31.3 Å². The van der Waals surface area contributed by atoms with Gasteiger partial charge in [-0.1, -0.05) is 6.92 Å². The van der Waals surface area contributed by atoms with Gasteiger partial charge in [0, 0.05) is 49.5 Å². The lowest BCUT2D eigenvalue weighted by molar-refractivity contribution is 0.0600. The van der Waals surface area contributed by atoms with Crippen molar-refractivity contribution in [3.05, 3.63) is 59.9 Å². The summed E-state index contributed by atoms with van der Waals surface area (Å²) in [5.41, 5.74) is 4.87. The number of nitrogens with zero attached hydrogens (tertiary/aromatic N) is 6. The number of benzene rings is 1. The first-order valence-electron chi connectivity index (χ1n) is 16.0. The maximum atomic E-state index is 13.8. The van der Waals surface area contributed by atoms with Crippen LogP contribution in [0.25, 0.3) is 33.6 Å². The molecule has 5 aromatic rings.